The van der Waals surface area contributed by atoms with Crippen LogP contribution in [0.25, 0.3) is 0 Å². The van der Waals surface area contributed by atoms with E-state index in [0.717, 1.165) is 55.1 Å². The number of carbonyl (C=O) groups excluding carboxylic acids is 1. The molecule has 0 aliphatic carbocycles. The van der Waals surface area contributed by atoms with Crippen molar-refractivity contribution in [3.63, 3.8) is 0 Å². The third-order valence-corrected chi connectivity index (χ3v) is 4.98. The first-order valence-electron chi connectivity index (χ1n) is 9.31. The highest BCUT2D eigenvalue weighted by molar-refractivity contribution is 5.94. The maximum absolute atomic E-state index is 12.2. The van der Waals surface area contributed by atoms with Gasteiger partial charge in [0.25, 0.3) is 5.91 Å². The molecule has 0 spiro atoms. The molecule has 1 fully saturated rings. The van der Waals surface area contributed by atoms with Crippen LogP contribution >= 0.6 is 0 Å². The first kappa shape index (κ1) is 18.9. The molecule has 27 heavy (non-hydrogen) atoms. The molecule has 1 saturated heterocycles. The molecule has 7 nitrogen and oxygen atoms in total. The topological polar surface area (TPSA) is 93.4 Å². The number of nitrogens with one attached hydrogen (secondary N) is 1. The first-order valence-corrected chi connectivity index (χ1v) is 9.31. The molecule has 3 rings (SSSR count). The summed E-state index contributed by atoms with van der Waals surface area (Å²) >= 11 is 0. The molecular weight excluding hydrogens is 342 g/mol. The van der Waals surface area contributed by atoms with Crippen LogP contribution in [-0.2, 0) is 0 Å². The number of carbonyl (C=O) groups is 1. The van der Waals surface area contributed by atoms with Crippen molar-refractivity contribution in [3.05, 3.63) is 41.1 Å². The maximum atomic E-state index is 12.2. The molecule has 1 aromatic heterocycles. The van der Waals surface area contributed by atoms with Crippen LogP contribution in [0.5, 0.6) is 5.75 Å². The minimum atomic E-state index is -0.110. The summed E-state index contributed by atoms with van der Waals surface area (Å²) in [5, 5.41) is 2.69. The molecule has 1 atom stereocenters. The zero-order chi connectivity index (χ0) is 19.4. The highest BCUT2D eigenvalue weighted by Gasteiger charge is 2.27. The Kier molecular flexibility index (Phi) is 5.78. The monoisotopic (exact) mass is 369 g/mol. The summed E-state index contributed by atoms with van der Waals surface area (Å²) in [5.41, 5.74) is 8.36. The summed E-state index contributed by atoms with van der Waals surface area (Å²) in [4.78, 5) is 23.1. The van der Waals surface area contributed by atoms with E-state index in [1.807, 2.05) is 25.1 Å². The Labute approximate surface area is 159 Å². The second kappa shape index (κ2) is 8.24. The van der Waals surface area contributed by atoms with Gasteiger partial charge in [-0.3, -0.25) is 4.79 Å². The number of methoxy groups -OCH3 is 1. The summed E-state index contributed by atoms with van der Waals surface area (Å²) in [7, 11) is 3.29. The number of rotatable bonds is 4. The van der Waals surface area contributed by atoms with Crippen molar-refractivity contribution in [1.82, 2.24) is 15.3 Å². The van der Waals surface area contributed by atoms with Crippen LogP contribution in [-0.4, -0.2) is 36.6 Å². The van der Waals surface area contributed by atoms with E-state index in [2.05, 4.69) is 20.2 Å². The zero-order valence-electron chi connectivity index (χ0n) is 16.2. The molecular formula is C20H27N5O2. The van der Waals surface area contributed by atoms with E-state index in [4.69, 9.17) is 10.5 Å². The van der Waals surface area contributed by atoms with Gasteiger partial charge in [-0.25, -0.2) is 4.98 Å². The summed E-state index contributed by atoms with van der Waals surface area (Å²) in [5.74, 6) is 1.76. The quantitative estimate of drug-likeness (QED) is 0.861. The lowest BCUT2D eigenvalue weighted by atomic mass is 9.97. The standard InChI is InChI=1S/C20H27N5O2/c1-13-11-18(24-20(21)23-13)25-10-6-4-5-7-16(25)15-12-14(19(26)22-2)8-9-17(15)27-3/h8-9,11-12,16H,4-7,10H2,1-3H3,(H,22,26)(H2,21,23,24)/t16-/m1/s1. The van der Waals surface area contributed by atoms with Gasteiger partial charge in [-0.2, -0.15) is 4.98 Å². The molecule has 0 bridgehead atoms. The van der Waals surface area contributed by atoms with E-state index in [-0.39, 0.29) is 17.9 Å². The van der Waals surface area contributed by atoms with Gasteiger partial charge in [0, 0.05) is 36.5 Å². The second-order valence-corrected chi connectivity index (χ2v) is 6.82. The molecule has 0 radical (unpaired) electrons. The molecule has 144 valence electrons. The van der Waals surface area contributed by atoms with E-state index >= 15 is 0 Å². The Balaban J connectivity index is 2.09. The van der Waals surface area contributed by atoms with E-state index in [1.54, 1.807) is 20.2 Å². The lowest BCUT2D eigenvalue weighted by Crippen LogP contribution is -2.30. The van der Waals surface area contributed by atoms with Gasteiger partial charge >= 0.3 is 0 Å². The van der Waals surface area contributed by atoms with Crippen molar-refractivity contribution in [3.8, 4) is 5.75 Å². The number of aromatic nitrogens is 2. The summed E-state index contributed by atoms with van der Waals surface area (Å²) in [6.07, 6.45) is 4.30. The second-order valence-electron chi connectivity index (χ2n) is 6.82. The largest absolute Gasteiger partial charge is 0.496 e. The van der Waals surface area contributed by atoms with Crippen LogP contribution in [0.4, 0.5) is 11.8 Å². The van der Waals surface area contributed by atoms with Crippen LogP contribution in [0, 0.1) is 6.92 Å². The van der Waals surface area contributed by atoms with Crippen LogP contribution < -0.4 is 20.7 Å². The van der Waals surface area contributed by atoms with Crippen LogP contribution in [0.1, 0.15) is 53.3 Å². The number of nitrogen functional groups attached to an aromatic ring is 1. The fraction of sp³-hybridized carbons (Fsp3) is 0.450. The van der Waals surface area contributed by atoms with Crippen molar-refractivity contribution in [1.29, 1.82) is 0 Å². The average molecular weight is 369 g/mol. The number of hydrogen-bond acceptors (Lipinski definition) is 6. The molecule has 0 unspecified atom stereocenters. The van der Waals surface area contributed by atoms with Crippen molar-refractivity contribution in [2.24, 2.45) is 0 Å². The number of nitrogens with zero attached hydrogens (tertiary/aromatic N) is 3. The summed E-state index contributed by atoms with van der Waals surface area (Å²) in [6, 6.07) is 7.60. The molecule has 1 aromatic carbocycles. The summed E-state index contributed by atoms with van der Waals surface area (Å²) < 4.78 is 5.62. The highest BCUT2D eigenvalue weighted by atomic mass is 16.5. The Bertz CT molecular complexity index is 804. The number of nitrogens with two attached hydrogens (primary N) is 1. The lowest BCUT2D eigenvalue weighted by Gasteiger charge is -2.32. The van der Waals surface area contributed by atoms with Gasteiger partial charge in [-0.1, -0.05) is 12.8 Å². The molecule has 1 aliphatic heterocycles. The number of benzene rings is 1. The van der Waals surface area contributed by atoms with Crippen LogP contribution in [0.2, 0.25) is 0 Å². The minimum Gasteiger partial charge on any atom is -0.496 e. The van der Waals surface area contributed by atoms with E-state index < -0.39 is 0 Å². The predicted molar refractivity (Wildman–Crippen MR) is 106 cm³/mol. The van der Waals surface area contributed by atoms with E-state index in [9.17, 15) is 4.79 Å². The van der Waals surface area contributed by atoms with Gasteiger partial charge in [0.1, 0.15) is 11.6 Å². The van der Waals surface area contributed by atoms with Gasteiger partial charge in [0.2, 0.25) is 5.95 Å². The van der Waals surface area contributed by atoms with Crippen molar-refractivity contribution >= 4 is 17.7 Å². The molecule has 7 heteroatoms. The van der Waals surface area contributed by atoms with Gasteiger partial charge in [-0.15, -0.1) is 0 Å². The van der Waals surface area contributed by atoms with Gasteiger partial charge in [-0.05, 0) is 38.0 Å². The third-order valence-electron chi connectivity index (χ3n) is 4.98. The Morgan fingerprint density at radius 2 is 2.07 bits per heavy atom. The highest BCUT2D eigenvalue weighted by Crippen LogP contribution is 2.38. The fourth-order valence-corrected chi connectivity index (χ4v) is 3.71. The van der Waals surface area contributed by atoms with Crippen LogP contribution in [0.15, 0.2) is 24.3 Å². The minimum absolute atomic E-state index is 0.0563. The molecule has 2 aromatic rings. The van der Waals surface area contributed by atoms with Gasteiger partial charge in [0.05, 0.1) is 13.2 Å². The molecule has 3 N–H and O–H groups in total. The number of aryl methyl sites for hydroxylation is 1. The lowest BCUT2D eigenvalue weighted by molar-refractivity contribution is 0.0963. The number of amides is 1. The van der Waals surface area contributed by atoms with Crippen molar-refractivity contribution in [2.45, 2.75) is 38.6 Å². The van der Waals surface area contributed by atoms with E-state index in [1.165, 1.54) is 0 Å². The van der Waals surface area contributed by atoms with Crippen molar-refractivity contribution in [2.75, 3.05) is 31.3 Å². The van der Waals surface area contributed by atoms with Crippen molar-refractivity contribution < 1.29 is 9.53 Å². The number of ether oxygens (including phenoxy) is 1. The number of anilines is 2. The third kappa shape index (κ3) is 4.13. The predicted octanol–water partition coefficient (Wildman–Crippen LogP) is 2.86. The van der Waals surface area contributed by atoms with Gasteiger partial charge in [0.15, 0.2) is 0 Å². The SMILES string of the molecule is CNC(=O)c1ccc(OC)c([C@H]2CCCCCN2c2cc(C)nc(N)n2)c1. The zero-order valence-corrected chi connectivity index (χ0v) is 16.2. The summed E-state index contributed by atoms with van der Waals surface area (Å²) in [6.45, 7) is 2.79. The smallest absolute Gasteiger partial charge is 0.251 e. The molecule has 0 saturated carbocycles. The van der Waals surface area contributed by atoms with Gasteiger partial charge < -0.3 is 20.7 Å². The fourth-order valence-electron chi connectivity index (χ4n) is 3.71. The molecule has 2 heterocycles. The van der Waals surface area contributed by atoms with E-state index in [0.29, 0.717) is 5.56 Å². The average Bonchev–Trinajstić information content (AvgIpc) is 2.92. The van der Waals surface area contributed by atoms with Crippen LogP contribution in [0.3, 0.4) is 0 Å². The number of hydrogen-bond donors (Lipinski definition) is 2. The first-order chi connectivity index (χ1) is 13.0. The molecule has 1 aliphatic rings. The normalized spacial score (nSPS) is 17.3. The molecule has 1 amide bonds. The Morgan fingerprint density at radius 3 is 2.78 bits per heavy atom. The Hall–Kier alpha value is -2.83. The maximum Gasteiger partial charge on any atom is 0.251 e. The Morgan fingerprint density at radius 1 is 1.26 bits per heavy atom.